The van der Waals surface area contributed by atoms with E-state index in [1.165, 1.54) is 19.1 Å². The molecular weight excluding hydrogens is 200 g/mol. The lowest BCUT2D eigenvalue weighted by Crippen LogP contribution is -2.44. The van der Waals surface area contributed by atoms with E-state index < -0.39 is 12.0 Å². The maximum Gasteiger partial charge on any atom is 0.325 e. The fourth-order valence-electron chi connectivity index (χ4n) is 1.40. The van der Waals surface area contributed by atoms with Crippen LogP contribution in [0.2, 0.25) is 0 Å². The number of likely N-dealkylation sites (N-methyl/N-ethyl adjacent to an activating group) is 1. The van der Waals surface area contributed by atoms with Gasteiger partial charge in [0.25, 0.3) is 0 Å². The van der Waals surface area contributed by atoms with Crippen LogP contribution in [0.5, 0.6) is 0 Å². The summed E-state index contributed by atoms with van der Waals surface area (Å²) < 4.78 is 4.43. The minimum atomic E-state index is -0.493. The summed E-state index contributed by atoms with van der Waals surface area (Å²) >= 11 is 0. The zero-order valence-electron chi connectivity index (χ0n) is 8.78. The average Bonchev–Trinajstić information content (AvgIpc) is 2.63. The Labute approximate surface area is 87.6 Å². The normalized spacial score (nSPS) is 19.6. The molecule has 15 heavy (non-hydrogen) atoms. The Morgan fingerprint density at radius 1 is 1.60 bits per heavy atom. The van der Waals surface area contributed by atoms with Gasteiger partial charge >= 0.3 is 5.97 Å². The van der Waals surface area contributed by atoms with Crippen molar-refractivity contribution in [2.75, 3.05) is 20.7 Å². The molecule has 6 heteroatoms. The third kappa shape index (κ3) is 2.93. The molecule has 1 N–H and O–H groups in total. The zero-order chi connectivity index (χ0) is 11.4. The number of carbonyl (C=O) groups is 3. The van der Waals surface area contributed by atoms with Crippen molar-refractivity contribution < 1.29 is 19.1 Å². The number of carbonyl (C=O) groups excluding carboxylic acids is 3. The van der Waals surface area contributed by atoms with Crippen LogP contribution in [0, 0.1) is 0 Å². The van der Waals surface area contributed by atoms with Gasteiger partial charge in [-0.15, -0.1) is 0 Å². The molecule has 1 heterocycles. The first-order chi connectivity index (χ1) is 7.04. The van der Waals surface area contributed by atoms with E-state index in [1.54, 1.807) is 0 Å². The molecule has 1 fully saturated rings. The standard InChI is InChI=1S/C9H14N2O4/c1-11(5-8(13)15-2)9(14)6-3-4-7(12)10-6/h6H,3-5H2,1-2H3,(H,10,12). The van der Waals surface area contributed by atoms with Crippen molar-refractivity contribution in [3.05, 3.63) is 0 Å². The summed E-state index contributed by atoms with van der Waals surface area (Å²) in [6.45, 7) is -0.0955. The molecule has 1 aliphatic rings. The Morgan fingerprint density at radius 2 is 2.27 bits per heavy atom. The van der Waals surface area contributed by atoms with Gasteiger partial charge in [-0.3, -0.25) is 14.4 Å². The van der Waals surface area contributed by atoms with E-state index >= 15 is 0 Å². The highest BCUT2D eigenvalue weighted by atomic mass is 16.5. The number of hydrogen-bond acceptors (Lipinski definition) is 4. The summed E-state index contributed by atoms with van der Waals surface area (Å²) in [6, 6.07) is -0.493. The van der Waals surface area contributed by atoms with Crippen LogP contribution >= 0.6 is 0 Å². The molecule has 84 valence electrons. The number of rotatable bonds is 3. The van der Waals surface area contributed by atoms with Gasteiger partial charge in [0.1, 0.15) is 12.6 Å². The smallest absolute Gasteiger partial charge is 0.325 e. The molecule has 0 aromatic rings. The lowest BCUT2D eigenvalue weighted by molar-refractivity contribution is -0.146. The summed E-state index contributed by atoms with van der Waals surface area (Å²) in [5, 5.41) is 2.54. The predicted octanol–water partition coefficient (Wildman–Crippen LogP) is -1.10. The predicted molar refractivity (Wildman–Crippen MR) is 50.8 cm³/mol. The van der Waals surface area contributed by atoms with Crippen LogP contribution in [-0.2, 0) is 19.1 Å². The second-order valence-corrected chi connectivity index (χ2v) is 3.43. The molecule has 1 atom stereocenters. The van der Waals surface area contributed by atoms with Gasteiger partial charge in [-0.05, 0) is 6.42 Å². The Bertz CT molecular complexity index is 290. The van der Waals surface area contributed by atoms with Crippen molar-refractivity contribution in [2.45, 2.75) is 18.9 Å². The van der Waals surface area contributed by atoms with E-state index in [0.717, 1.165) is 0 Å². The highest BCUT2D eigenvalue weighted by molar-refractivity contribution is 5.92. The van der Waals surface area contributed by atoms with Crippen LogP contribution in [0.3, 0.4) is 0 Å². The highest BCUT2D eigenvalue weighted by Gasteiger charge is 2.29. The molecular formula is C9H14N2O4. The Balaban J connectivity index is 2.45. The third-order valence-corrected chi connectivity index (χ3v) is 2.26. The third-order valence-electron chi connectivity index (χ3n) is 2.26. The summed E-state index contributed by atoms with van der Waals surface area (Å²) in [5.74, 6) is -0.860. The molecule has 1 aliphatic heterocycles. The van der Waals surface area contributed by atoms with Crippen molar-refractivity contribution in [3.63, 3.8) is 0 Å². The van der Waals surface area contributed by atoms with Crippen LogP contribution in [0.15, 0.2) is 0 Å². The monoisotopic (exact) mass is 214 g/mol. The largest absolute Gasteiger partial charge is 0.468 e. The van der Waals surface area contributed by atoms with Crippen LogP contribution < -0.4 is 5.32 Å². The van der Waals surface area contributed by atoms with Gasteiger partial charge < -0.3 is 15.0 Å². The number of nitrogens with zero attached hydrogens (tertiary/aromatic N) is 1. The van der Waals surface area contributed by atoms with Gasteiger partial charge in [0.15, 0.2) is 0 Å². The quantitative estimate of drug-likeness (QED) is 0.605. The molecule has 0 spiro atoms. The van der Waals surface area contributed by atoms with Crippen molar-refractivity contribution >= 4 is 17.8 Å². The van der Waals surface area contributed by atoms with E-state index in [1.807, 2.05) is 0 Å². The maximum atomic E-state index is 11.6. The fourth-order valence-corrected chi connectivity index (χ4v) is 1.40. The van der Waals surface area contributed by atoms with Gasteiger partial charge in [0.2, 0.25) is 11.8 Å². The molecule has 0 radical (unpaired) electrons. The molecule has 1 rings (SSSR count). The lowest BCUT2D eigenvalue weighted by atomic mass is 10.2. The summed E-state index contributed by atoms with van der Waals surface area (Å²) in [7, 11) is 2.77. The van der Waals surface area contributed by atoms with Crippen LogP contribution in [0.4, 0.5) is 0 Å². The lowest BCUT2D eigenvalue weighted by Gasteiger charge is -2.19. The first kappa shape index (κ1) is 11.5. The van der Waals surface area contributed by atoms with Gasteiger partial charge in [-0.25, -0.2) is 0 Å². The van der Waals surface area contributed by atoms with Crippen molar-refractivity contribution in [1.82, 2.24) is 10.2 Å². The van der Waals surface area contributed by atoms with E-state index in [-0.39, 0.29) is 18.4 Å². The number of methoxy groups -OCH3 is 1. The van der Waals surface area contributed by atoms with E-state index in [4.69, 9.17) is 0 Å². The average molecular weight is 214 g/mol. The second-order valence-electron chi connectivity index (χ2n) is 3.43. The SMILES string of the molecule is COC(=O)CN(C)C(=O)C1CCC(=O)N1. The maximum absolute atomic E-state index is 11.6. The molecule has 1 saturated heterocycles. The topological polar surface area (TPSA) is 75.7 Å². The molecule has 0 aromatic heterocycles. The minimum absolute atomic E-state index is 0.0955. The Hall–Kier alpha value is -1.59. The molecule has 0 bridgehead atoms. The van der Waals surface area contributed by atoms with E-state index in [9.17, 15) is 14.4 Å². The van der Waals surface area contributed by atoms with Crippen molar-refractivity contribution in [1.29, 1.82) is 0 Å². The number of esters is 1. The number of ether oxygens (including phenoxy) is 1. The van der Waals surface area contributed by atoms with Crippen LogP contribution in [0.25, 0.3) is 0 Å². The molecule has 2 amide bonds. The first-order valence-corrected chi connectivity index (χ1v) is 4.65. The summed E-state index contributed by atoms with van der Waals surface area (Å²) in [5.41, 5.74) is 0. The Morgan fingerprint density at radius 3 is 2.73 bits per heavy atom. The van der Waals surface area contributed by atoms with Crippen LogP contribution in [-0.4, -0.2) is 49.4 Å². The minimum Gasteiger partial charge on any atom is -0.468 e. The molecule has 6 nitrogen and oxygen atoms in total. The molecule has 0 aromatic carbocycles. The van der Waals surface area contributed by atoms with E-state index in [0.29, 0.717) is 12.8 Å². The van der Waals surface area contributed by atoms with Gasteiger partial charge in [0.05, 0.1) is 7.11 Å². The van der Waals surface area contributed by atoms with Gasteiger partial charge in [-0.1, -0.05) is 0 Å². The number of nitrogens with one attached hydrogen (secondary N) is 1. The Kier molecular flexibility index (Phi) is 3.65. The van der Waals surface area contributed by atoms with Crippen molar-refractivity contribution in [3.8, 4) is 0 Å². The molecule has 0 saturated carbocycles. The van der Waals surface area contributed by atoms with Gasteiger partial charge in [0, 0.05) is 13.5 Å². The summed E-state index contributed by atoms with van der Waals surface area (Å²) in [6.07, 6.45) is 0.853. The fraction of sp³-hybridized carbons (Fsp3) is 0.667. The van der Waals surface area contributed by atoms with Crippen molar-refractivity contribution in [2.24, 2.45) is 0 Å². The van der Waals surface area contributed by atoms with Gasteiger partial charge in [-0.2, -0.15) is 0 Å². The summed E-state index contributed by atoms with van der Waals surface area (Å²) in [4.78, 5) is 34.7. The second kappa shape index (κ2) is 4.77. The highest BCUT2D eigenvalue weighted by Crippen LogP contribution is 2.08. The number of amides is 2. The van der Waals surface area contributed by atoms with E-state index in [2.05, 4.69) is 10.1 Å². The molecule has 0 aliphatic carbocycles. The molecule has 1 unspecified atom stereocenters. The van der Waals surface area contributed by atoms with Crippen LogP contribution in [0.1, 0.15) is 12.8 Å². The zero-order valence-corrected chi connectivity index (χ0v) is 8.78. The number of hydrogen-bond donors (Lipinski definition) is 1. The first-order valence-electron chi connectivity index (χ1n) is 4.65.